The summed E-state index contributed by atoms with van der Waals surface area (Å²) in [6.07, 6.45) is -0.954. The largest absolute Gasteiger partial charge is 0.405 e. The lowest BCUT2D eigenvalue weighted by molar-refractivity contribution is -0.183. The van der Waals surface area contributed by atoms with Crippen LogP contribution < -0.4 is 10.6 Å². The molecule has 0 saturated carbocycles. The molecule has 0 aromatic carbocycles. The maximum atomic E-state index is 13.5. The number of alkyl halides is 3. The summed E-state index contributed by atoms with van der Waals surface area (Å²) in [6.45, 7) is 2.93. The number of halogens is 5. The van der Waals surface area contributed by atoms with Gasteiger partial charge in [-0.3, -0.25) is 9.69 Å². The Morgan fingerprint density at radius 1 is 1.27 bits per heavy atom. The van der Waals surface area contributed by atoms with Gasteiger partial charge in [-0.05, 0) is 18.6 Å². The van der Waals surface area contributed by atoms with Crippen LogP contribution in [0.4, 0.5) is 13.2 Å². The zero-order valence-corrected chi connectivity index (χ0v) is 18.0. The molecule has 7 nitrogen and oxygen atoms in total. The topological polar surface area (TPSA) is 75.1 Å². The number of nitrogens with zero attached hydrogens (tertiary/aromatic N) is 4. The van der Waals surface area contributed by atoms with Crippen molar-refractivity contribution in [1.82, 2.24) is 30.3 Å². The van der Waals surface area contributed by atoms with Crippen LogP contribution in [0.25, 0.3) is 5.82 Å². The fourth-order valence-electron chi connectivity index (χ4n) is 3.31. The molecule has 0 aliphatic carbocycles. The Morgan fingerprint density at radius 2 is 1.97 bits per heavy atom. The van der Waals surface area contributed by atoms with Gasteiger partial charge in [0.2, 0.25) is 0 Å². The van der Waals surface area contributed by atoms with Gasteiger partial charge in [0.25, 0.3) is 5.91 Å². The summed E-state index contributed by atoms with van der Waals surface area (Å²) in [5.41, 5.74) is 0.858. The van der Waals surface area contributed by atoms with Gasteiger partial charge in [-0.1, -0.05) is 13.0 Å². The highest BCUT2D eigenvalue weighted by atomic mass is 35.5. The van der Waals surface area contributed by atoms with E-state index in [4.69, 9.17) is 0 Å². The normalized spacial score (nSPS) is 15.6. The van der Waals surface area contributed by atoms with Crippen molar-refractivity contribution in [3.8, 4) is 5.82 Å². The molecule has 1 aliphatic rings. The number of rotatable bonds is 6. The number of nitrogens with one attached hydrogen (secondary N) is 2. The number of hydrogen-bond acceptors (Lipinski definition) is 5. The molecule has 168 valence electrons. The number of amides is 1. The molecule has 1 atom stereocenters. The van der Waals surface area contributed by atoms with E-state index in [1.807, 2.05) is 6.92 Å². The number of carbonyl (C=O) groups excluding carboxylic acids is 1. The molecule has 1 aliphatic heterocycles. The molecule has 2 aromatic rings. The number of hydrogen-bond donors (Lipinski definition) is 2. The van der Waals surface area contributed by atoms with Crippen LogP contribution in [-0.2, 0) is 6.42 Å². The average Bonchev–Trinajstić information content (AvgIpc) is 3.12. The summed E-state index contributed by atoms with van der Waals surface area (Å²) in [7, 11) is 0. The average molecular weight is 469 g/mol. The Hall–Kier alpha value is -1.88. The van der Waals surface area contributed by atoms with E-state index in [2.05, 4.69) is 20.7 Å². The molecule has 3 rings (SSSR count). The van der Waals surface area contributed by atoms with Crippen molar-refractivity contribution in [3.63, 3.8) is 0 Å². The molecular weight excluding hydrogens is 444 g/mol. The molecular formula is C18H25Cl2F3N6O. The van der Waals surface area contributed by atoms with Crippen molar-refractivity contribution in [2.24, 2.45) is 0 Å². The molecule has 1 fully saturated rings. The van der Waals surface area contributed by atoms with Gasteiger partial charge in [-0.2, -0.15) is 18.3 Å². The van der Waals surface area contributed by atoms with Crippen LogP contribution in [0.2, 0.25) is 0 Å². The van der Waals surface area contributed by atoms with Crippen LogP contribution in [0, 0.1) is 0 Å². The predicted molar refractivity (Wildman–Crippen MR) is 112 cm³/mol. The minimum atomic E-state index is -4.42. The maximum absolute atomic E-state index is 13.5. The van der Waals surface area contributed by atoms with Crippen molar-refractivity contribution in [2.45, 2.75) is 25.6 Å². The van der Waals surface area contributed by atoms with Crippen LogP contribution in [0.15, 0.2) is 30.6 Å². The Labute approximate surface area is 185 Å². The lowest BCUT2D eigenvalue weighted by Crippen LogP contribution is -2.57. The van der Waals surface area contributed by atoms with Gasteiger partial charge < -0.3 is 10.6 Å². The van der Waals surface area contributed by atoms with Gasteiger partial charge in [-0.25, -0.2) is 9.67 Å². The van der Waals surface area contributed by atoms with E-state index in [0.717, 1.165) is 0 Å². The first-order valence-corrected chi connectivity index (χ1v) is 9.19. The number of piperazine rings is 1. The first-order valence-electron chi connectivity index (χ1n) is 9.19. The third kappa shape index (κ3) is 6.07. The van der Waals surface area contributed by atoms with E-state index in [1.54, 1.807) is 24.4 Å². The third-order valence-electron chi connectivity index (χ3n) is 4.74. The van der Waals surface area contributed by atoms with Crippen LogP contribution in [0.5, 0.6) is 0 Å². The highest BCUT2D eigenvalue weighted by Crippen LogP contribution is 2.25. The SMILES string of the molecule is CCc1c(C(=O)NCC(N2CCNCC2)C(F)(F)F)cnn1-c1ccccn1.Cl.Cl. The molecule has 2 aromatic heterocycles. The second-order valence-electron chi connectivity index (χ2n) is 6.51. The monoisotopic (exact) mass is 468 g/mol. The van der Waals surface area contributed by atoms with E-state index in [9.17, 15) is 18.0 Å². The molecule has 12 heteroatoms. The van der Waals surface area contributed by atoms with Crippen LogP contribution >= 0.6 is 24.8 Å². The second kappa shape index (κ2) is 11.5. The Kier molecular flexibility index (Phi) is 10.0. The smallest absolute Gasteiger partial charge is 0.350 e. The number of carbonyl (C=O) groups is 1. The first-order chi connectivity index (χ1) is 13.4. The zero-order valence-electron chi connectivity index (χ0n) is 16.4. The van der Waals surface area contributed by atoms with Crippen LogP contribution in [-0.4, -0.2) is 70.5 Å². The molecule has 30 heavy (non-hydrogen) atoms. The summed E-state index contributed by atoms with van der Waals surface area (Å²) >= 11 is 0. The molecule has 0 spiro atoms. The van der Waals surface area contributed by atoms with Gasteiger partial charge in [0, 0.05) is 38.9 Å². The minimum absolute atomic E-state index is 0. The van der Waals surface area contributed by atoms with Crippen molar-refractivity contribution in [3.05, 3.63) is 41.9 Å². The summed E-state index contributed by atoms with van der Waals surface area (Å²) < 4.78 is 42.0. The van der Waals surface area contributed by atoms with Gasteiger partial charge >= 0.3 is 6.18 Å². The maximum Gasteiger partial charge on any atom is 0.405 e. The van der Waals surface area contributed by atoms with Gasteiger partial charge in [0.1, 0.15) is 6.04 Å². The Balaban J connectivity index is 0.00000225. The van der Waals surface area contributed by atoms with Crippen molar-refractivity contribution < 1.29 is 18.0 Å². The lowest BCUT2D eigenvalue weighted by Gasteiger charge is -2.35. The van der Waals surface area contributed by atoms with Gasteiger partial charge in [-0.15, -0.1) is 24.8 Å². The summed E-state index contributed by atoms with van der Waals surface area (Å²) in [5, 5.41) is 9.68. The van der Waals surface area contributed by atoms with E-state index in [0.29, 0.717) is 31.0 Å². The molecule has 0 radical (unpaired) electrons. The van der Waals surface area contributed by atoms with E-state index in [1.165, 1.54) is 15.8 Å². The Bertz CT molecular complexity index is 797. The van der Waals surface area contributed by atoms with Gasteiger partial charge in [0.05, 0.1) is 17.5 Å². The highest BCUT2D eigenvalue weighted by molar-refractivity contribution is 5.95. The fourth-order valence-corrected chi connectivity index (χ4v) is 3.31. The van der Waals surface area contributed by atoms with E-state index >= 15 is 0 Å². The van der Waals surface area contributed by atoms with Crippen molar-refractivity contribution in [2.75, 3.05) is 32.7 Å². The number of aromatic nitrogens is 3. The second-order valence-corrected chi connectivity index (χ2v) is 6.51. The van der Waals surface area contributed by atoms with E-state index < -0.39 is 24.7 Å². The third-order valence-corrected chi connectivity index (χ3v) is 4.74. The van der Waals surface area contributed by atoms with E-state index in [-0.39, 0.29) is 43.5 Å². The summed E-state index contributed by atoms with van der Waals surface area (Å²) in [5.74, 6) is -0.0178. The number of pyridine rings is 1. The van der Waals surface area contributed by atoms with Crippen LogP contribution in [0.3, 0.4) is 0 Å². The van der Waals surface area contributed by atoms with Gasteiger partial charge in [0.15, 0.2) is 5.82 Å². The zero-order chi connectivity index (χ0) is 20.1. The molecule has 2 N–H and O–H groups in total. The first kappa shape index (κ1) is 26.2. The Morgan fingerprint density at radius 3 is 2.53 bits per heavy atom. The molecule has 1 amide bonds. The molecule has 0 bridgehead atoms. The molecule has 1 unspecified atom stereocenters. The fraction of sp³-hybridized carbons (Fsp3) is 0.500. The highest BCUT2D eigenvalue weighted by Gasteiger charge is 2.44. The summed E-state index contributed by atoms with van der Waals surface area (Å²) in [6, 6.07) is 3.59. The van der Waals surface area contributed by atoms with Crippen molar-refractivity contribution in [1.29, 1.82) is 0 Å². The lowest BCUT2D eigenvalue weighted by atomic mass is 10.1. The molecule has 1 saturated heterocycles. The van der Waals surface area contributed by atoms with Crippen LogP contribution in [0.1, 0.15) is 23.0 Å². The standard InChI is InChI=1S/C18H23F3N6O.2ClH/c1-2-14-13(11-25-27(14)16-5-3-4-6-23-16)17(28)24-12-15(18(19,20)21)26-9-7-22-8-10-26;;/h3-6,11,15,22H,2,7-10,12H2,1H3,(H,24,28);2*1H. The predicted octanol–water partition coefficient (Wildman–Crippen LogP) is 2.24. The molecule has 3 heterocycles. The summed E-state index contributed by atoms with van der Waals surface area (Å²) in [4.78, 5) is 18.2. The quantitative estimate of drug-likeness (QED) is 0.679. The van der Waals surface area contributed by atoms with Crippen molar-refractivity contribution >= 4 is 30.7 Å². The minimum Gasteiger partial charge on any atom is -0.350 e.